The molecule has 0 aliphatic heterocycles. The summed E-state index contributed by atoms with van der Waals surface area (Å²) in [4.78, 5) is 16.9. The first-order valence-electron chi connectivity index (χ1n) is 9.75. The minimum Gasteiger partial charge on any atom is -0.494 e. The second-order valence-electron chi connectivity index (χ2n) is 6.85. The highest BCUT2D eigenvalue weighted by atomic mass is 32.2. The third kappa shape index (κ3) is 4.44. The molecule has 0 unspecified atom stereocenters. The van der Waals surface area contributed by atoms with Gasteiger partial charge in [-0.15, -0.1) is 0 Å². The van der Waals surface area contributed by atoms with Gasteiger partial charge in [-0.1, -0.05) is 18.2 Å². The predicted octanol–water partition coefficient (Wildman–Crippen LogP) is 3.50. The number of rotatable bonds is 7. The maximum absolute atomic E-state index is 12.9. The Morgan fingerprint density at radius 3 is 2.65 bits per heavy atom. The largest absolute Gasteiger partial charge is 0.494 e. The van der Waals surface area contributed by atoms with E-state index in [0.717, 1.165) is 11.2 Å². The molecular weight excluding hydrogens is 414 g/mol. The molecule has 1 amide bonds. The minimum absolute atomic E-state index is 0.175. The molecule has 0 saturated heterocycles. The van der Waals surface area contributed by atoms with E-state index in [1.807, 2.05) is 6.92 Å². The van der Waals surface area contributed by atoms with Crippen molar-refractivity contribution < 1.29 is 17.9 Å². The van der Waals surface area contributed by atoms with Crippen LogP contribution in [0.4, 0.5) is 0 Å². The van der Waals surface area contributed by atoms with Gasteiger partial charge in [0, 0.05) is 25.1 Å². The van der Waals surface area contributed by atoms with Gasteiger partial charge < -0.3 is 14.5 Å². The van der Waals surface area contributed by atoms with Gasteiger partial charge in [0.05, 0.1) is 22.0 Å². The second kappa shape index (κ2) is 8.61. The quantitative estimate of drug-likeness (QED) is 0.480. The fourth-order valence-corrected chi connectivity index (χ4v) is 4.45. The van der Waals surface area contributed by atoms with E-state index < -0.39 is 9.84 Å². The van der Waals surface area contributed by atoms with Gasteiger partial charge in [0.2, 0.25) is 9.84 Å². The number of carbonyl (C=O) groups is 1. The van der Waals surface area contributed by atoms with Crippen molar-refractivity contribution in [2.45, 2.75) is 23.3 Å². The molecule has 7 nitrogen and oxygen atoms in total. The molecule has 0 spiro atoms. The Labute approximate surface area is 180 Å². The Kier molecular flexibility index (Phi) is 5.73. The third-order valence-corrected chi connectivity index (χ3v) is 6.53. The monoisotopic (exact) mass is 435 g/mol. The van der Waals surface area contributed by atoms with Crippen LogP contribution in [0.1, 0.15) is 22.8 Å². The molecule has 2 aromatic heterocycles. The minimum atomic E-state index is -3.66. The summed E-state index contributed by atoms with van der Waals surface area (Å²) in [5, 5.41) is 2.84. The lowest BCUT2D eigenvalue weighted by molar-refractivity contribution is 0.0950. The Morgan fingerprint density at radius 2 is 1.87 bits per heavy atom. The number of carbonyl (C=O) groups excluding carboxylic acids is 1. The van der Waals surface area contributed by atoms with Crippen LogP contribution in [0.2, 0.25) is 0 Å². The van der Waals surface area contributed by atoms with E-state index in [4.69, 9.17) is 4.74 Å². The average Bonchev–Trinajstić information content (AvgIpc) is 3.26. The molecule has 4 aromatic rings. The van der Waals surface area contributed by atoms with Gasteiger partial charge >= 0.3 is 0 Å². The van der Waals surface area contributed by atoms with Gasteiger partial charge in [-0.2, -0.15) is 0 Å². The SMILES string of the molecule is CCOc1cccc(S(=O)(=O)c2ccc(CNC(=O)c3ccc4nccn4c3)cc2)c1. The van der Waals surface area contributed by atoms with Crippen molar-refractivity contribution in [3.8, 4) is 5.75 Å². The molecule has 31 heavy (non-hydrogen) atoms. The topological polar surface area (TPSA) is 89.8 Å². The van der Waals surface area contributed by atoms with Crippen molar-refractivity contribution in [2.75, 3.05) is 6.61 Å². The normalized spacial score (nSPS) is 11.4. The van der Waals surface area contributed by atoms with Crippen LogP contribution in [0.5, 0.6) is 5.75 Å². The highest BCUT2D eigenvalue weighted by molar-refractivity contribution is 7.91. The van der Waals surface area contributed by atoms with E-state index in [2.05, 4.69) is 10.3 Å². The number of fused-ring (bicyclic) bond motifs is 1. The Hall–Kier alpha value is -3.65. The molecule has 0 fully saturated rings. The van der Waals surface area contributed by atoms with Gasteiger partial charge in [-0.25, -0.2) is 13.4 Å². The number of aromatic nitrogens is 2. The van der Waals surface area contributed by atoms with Crippen molar-refractivity contribution in [3.63, 3.8) is 0 Å². The van der Waals surface area contributed by atoms with Crippen LogP contribution in [0.15, 0.2) is 89.0 Å². The summed E-state index contributed by atoms with van der Waals surface area (Å²) in [6.07, 6.45) is 5.15. The van der Waals surface area contributed by atoms with Gasteiger partial charge in [0.1, 0.15) is 11.4 Å². The number of hydrogen-bond donors (Lipinski definition) is 1. The van der Waals surface area contributed by atoms with E-state index in [-0.39, 0.29) is 22.2 Å². The highest BCUT2D eigenvalue weighted by Crippen LogP contribution is 2.24. The number of pyridine rings is 1. The summed E-state index contributed by atoms with van der Waals surface area (Å²) in [6, 6.07) is 16.4. The molecule has 2 heterocycles. The van der Waals surface area contributed by atoms with Crippen LogP contribution in [-0.2, 0) is 16.4 Å². The lowest BCUT2D eigenvalue weighted by Gasteiger charge is -2.09. The smallest absolute Gasteiger partial charge is 0.253 e. The summed E-state index contributed by atoms with van der Waals surface area (Å²) in [7, 11) is -3.66. The highest BCUT2D eigenvalue weighted by Gasteiger charge is 2.18. The predicted molar refractivity (Wildman–Crippen MR) is 116 cm³/mol. The number of nitrogens with zero attached hydrogens (tertiary/aromatic N) is 2. The van der Waals surface area contributed by atoms with E-state index in [1.165, 1.54) is 6.07 Å². The van der Waals surface area contributed by atoms with Crippen LogP contribution >= 0.6 is 0 Å². The molecule has 4 rings (SSSR count). The number of nitrogens with one attached hydrogen (secondary N) is 1. The molecule has 0 saturated carbocycles. The van der Waals surface area contributed by atoms with Gasteiger partial charge in [0.15, 0.2) is 0 Å². The van der Waals surface area contributed by atoms with Crippen LogP contribution in [0.3, 0.4) is 0 Å². The molecule has 0 radical (unpaired) electrons. The van der Waals surface area contributed by atoms with Crippen molar-refractivity contribution in [1.29, 1.82) is 0 Å². The first-order valence-corrected chi connectivity index (χ1v) is 11.2. The van der Waals surface area contributed by atoms with Crippen molar-refractivity contribution in [1.82, 2.24) is 14.7 Å². The van der Waals surface area contributed by atoms with Gasteiger partial charge in [-0.3, -0.25) is 4.79 Å². The van der Waals surface area contributed by atoms with Crippen molar-refractivity contribution in [3.05, 3.63) is 90.4 Å². The molecule has 0 aliphatic rings. The van der Waals surface area contributed by atoms with Gasteiger partial charge in [-0.05, 0) is 55.0 Å². The number of benzene rings is 2. The first-order chi connectivity index (χ1) is 15.0. The zero-order valence-electron chi connectivity index (χ0n) is 16.9. The molecule has 8 heteroatoms. The van der Waals surface area contributed by atoms with Crippen molar-refractivity contribution in [2.24, 2.45) is 0 Å². The van der Waals surface area contributed by atoms with E-state index in [9.17, 15) is 13.2 Å². The summed E-state index contributed by atoms with van der Waals surface area (Å²) < 4.78 is 33.0. The Balaban J connectivity index is 1.45. The number of ether oxygens (including phenoxy) is 1. The molecule has 0 atom stereocenters. The molecule has 158 valence electrons. The average molecular weight is 436 g/mol. The maximum atomic E-state index is 12.9. The summed E-state index contributed by atoms with van der Waals surface area (Å²) >= 11 is 0. The van der Waals surface area contributed by atoms with E-state index >= 15 is 0 Å². The molecule has 0 aliphatic carbocycles. The Morgan fingerprint density at radius 1 is 1.06 bits per heavy atom. The lowest BCUT2D eigenvalue weighted by atomic mass is 10.2. The number of sulfone groups is 1. The van der Waals surface area contributed by atoms with Crippen LogP contribution in [0.25, 0.3) is 5.65 Å². The molecular formula is C23H21N3O4S. The fraction of sp³-hybridized carbons (Fsp3) is 0.130. The van der Waals surface area contributed by atoms with Crippen LogP contribution in [-0.4, -0.2) is 30.3 Å². The lowest BCUT2D eigenvalue weighted by Crippen LogP contribution is -2.23. The molecule has 0 bridgehead atoms. The second-order valence-corrected chi connectivity index (χ2v) is 8.80. The Bertz CT molecular complexity index is 1330. The fourth-order valence-electron chi connectivity index (χ4n) is 3.16. The van der Waals surface area contributed by atoms with Crippen LogP contribution in [0, 0.1) is 0 Å². The molecule has 2 aromatic carbocycles. The zero-order valence-corrected chi connectivity index (χ0v) is 17.7. The van der Waals surface area contributed by atoms with E-state index in [0.29, 0.717) is 17.9 Å². The number of imidazole rings is 1. The third-order valence-electron chi connectivity index (χ3n) is 4.76. The van der Waals surface area contributed by atoms with Crippen LogP contribution < -0.4 is 10.1 Å². The van der Waals surface area contributed by atoms with E-state index in [1.54, 1.807) is 77.6 Å². The van der Waals surface area contributed by atoms with Crippen molar-refractivity contribution >= 4 is 21.4 Å². The molecule has 1 N–H and O–H groups in total. The van der Waals surface area contributed by atoms with Gasteiger partial charge in [0.25, 0.3) is 5.91 Å². The zero-order chi connectivity index (χ0) is 21.8. The standard InChI is InChI=1S/C23H21N3O4S/c1-2-30-19-4-3-5-21(14-19)31(28,29)20-9-6-17(7-10-20)15-25-23(27)18-8-11-22-24-12-13-26(22)16-18/h3-14,16H,2,15H2,1H3,(H,25,27). The summed E-state index contributed by atoms with van der Waals surface area (Å²) in [5.74, 6) is 0.289. The summed E-state index contributed by atoms with van der Waals surface area (Å²) in [6.45, 7) is 2.58. The maximum Gasteiger partial charge on any atom is 0.253 e. The first kappa shape index (κ1) is 20.6. The number of amides is 1. The number of hydrogen-bond acceptors (Lipinski definition) is 5. The summed E-state index contributed by atoms with van der Waals surface area (Å²) in [5.41, 5.74) is 2.07.